The van der Waals surface area contributed by atoms with E-state index < -0.39 is 0 Å². The van der Waals surface area contributed by atoms with E-state index in [-0.39, 0.29) is 24.8 Å². The van der Waals surface area contributed by atoms with E-state index in [1.807, 2.05) is 36.4 Å². The van der Waals surface area contributed by atoms with Crippen LogP contribution in [0.15, 0.2) is 61.2 Å². The summed E-state index contributed by atoms with van der Waals surface area (Å²) in [4.78, 5) is 10.8. The third-order valence-electron chi connectivity index (χ3n) is 1.58. The molecular weight excluding hydrogens is 450 g/mol. The van der Waals surface area contributed by atoms with Gasteiger partial charge in [-0.3, -0.25) is 9.97 Å². The Labute approximate surface area is 130 Å². The largest absolute Gasteiger partial charge is 1.00 e. The van der Waals surface area contributed by atoms with E-state index in [1.165, 1.54) is 0 Å². The van der Waals surface area contributed by atoms with Gasteiger partial charge in [-0.15, -0.1) is 0 Å². The van der Waals surface area contributed by atoms with Crippen molar-refractivity contribution in [1.29, 1.82) is 0 Å². The number of hydrogen-bond donors (Lipinski definition) is 0. The summed E-state index contributed by atoms with van der Waals surface area (Å²) in [6.45, 7) is 0. The molecule has 0 spiro atoms. The molecule has 0 bridgehead atoms. The van der Waals surface area contributed by atoms with Crippen molar-refractivity contribution >= 4 is 0 Å². The molecule has 3 rings (SSSR count). The van der Waals surface area contributed by atoms with Gasteiger partial charge in [0, 0.05) is 24.8 Å². The Morgan fingerprint density at radius 2 is 0.889 bits per heavy atom. The summed E-state index contributed by atoms with van der Waals surface area (Å²) >= 11 is 0.784. The predicted molar refractivity (Wildman–Crippen MR) is 62.7 cm³/mol. The Bertz CT molecular complexity index is 242. The van der Waals surface area contributed by atoms with Crippen LogP contribution in [0.4, 0.5) is 0 Å². The van der Waals surface area contributed by atoms with Crippen LogP contribution in [0.3, 0.4) is 0 Å². The molecule has 1 saturated heterocycles. The third-order valence-corrected chi connectivity index (χ3v) is 4.79. The summed E-state index contributed by atoms with van der Waals surface area (Å²) in [7, 11) is 0. The van der Waals surface area contributed by atoms with Crippen molar-refractivity contribution in [2.75, 3.05) is 0 Å². The zero-order valence-corrected chi connectivity index (χ0v) is 13.6. The summed E-state index contributed by atoms with van der Waals surface area (Å²) < 4.78 is 0. The van der Waals surface area contributed by atoms with Crippen molar-refractivity contribution < 1.29 is 43.4 Å². The fraction of sp³-hybridized carbons (Fsp3) is 0.231. The fourth-order valence-corrected chi connectivity index (χ4v) is 1.54. The van der Waals surface area contributed by atoms with Crippen LogP contribution >= 0.6 is 0 Å². The van der Waals surface area contributed by atoms with Crippen molar-refractivity contribution in [2.45, 2.75) is 16.0 Å². The van der Waals surface area contributed by atoms with Gasteiger partial charge in [0.25, 0.3) is 0 Å². The minimum absolute atomic E-state index is 0. The molecule has 0 radical (unpaired) electrons. The van der Waals surface area contributed by atoms with Crippen LogP contribution in [0.25, 0.3) is 0 Å². The first-order chi connectivity index (χ1) is 8.00. The number of hydrogen-bond acceptors (Lipinski definition) is 2. The van der Waals surface area contributed by atoms with Gasteiger partial charge in [0.15, 0.2) is 0 Å². The Balaban J connectivity index is 0. The molecular formula is C13H16Cl2N2Pt. The first-order valence-electron chi connectivity index (χ1n) is 5.15. The topological polar surface area (TPSA) is 25.8 Å². The Morgan fingerprint density at radius 1 is 0.611 bits per heavy atom. The van der Waals surface area contributed by atoms with Crippen molar-refractivity contribution in [1.82, 2.24) is 9.97 Å². The summed E-state index contributed by atoms with van der Waals surface area (Å²) in [5.74, 6) is 0. The third kappa shape index (κ3) is 13.6. The number of rotatable bonds is 0. The zero-order valence-electron chi connectivity index (χ0n) is 9.86. The minimum atomic E-state index is 0. The number of nitrogens with zero attached hydrogens (tertiary/aromatic N) is 2. The van der Waals surface area contributed by atoms with Crippen LogP contribution in [0, 0.1) is 0 Å². The van der Waals surface area contributed by atoms with Gasteiger partial charge in [-0.05, 0) is 24.3 Å². The molecule has 0 aromatic carbocycles. The van der Waals surface area contributed by atoms with Crippen LogP contribution < -0.4 is 24.8 Å². The van der Waals surface area contributed by atoms with Gasteiger partial charge < -0.3 is 24.8 Å². The van der Waals surface area contributed by atoms with Crippen molar-refractivity contribution in [3.8, 4) is 0 Å². The van der Waals surface area contributed by atoms with Gasteiger partial charge in [0.2, 0.25) is 0 Å². The molecule has 102 valence electrons. The van der Waals surface area contributed by atoms with Crippen LogP contribution in [0.1, 0.15) is 6.42 Å². The van der Waals surface area contributed by atoms with Crippen molar-refractivity contribution in [2.24, 2.45) is 0 Å². The monoisotopic (exact) mass is 465 g/mol. The van der Waals surface area contributed by atoms with Gasteiger partial charge >= 0.3 is 34.6 Å². The average Bonchev–Trinajstić information content (AvgIpc) is 2.32. The second-order valence-electron chi connectivity index (χ2n) is 2.88. The molecule has 1 aliphatic heterocycles. The number of pyridine rings is 2. The molecule has 5 heteroatoms. The Morgan fingerprint density at radius 3 is 0.944 bits per heavy atom. The van der Waals surface area contributed by atoms with Gasteiger partial charge in [0.1, 0.15) is 0 Å². The first-order valence-corrected chi connectivity index (χ1v) is 8.36. The van der Waals surface area contributed by atoms with E-state index in [0.29, 0.717) is 0 Å². The second kappa shape index (κ2) is 16.6. The molecule has 0 N–H and O–H groups in total. The summed E-state index contributed by atoms with van der Waals surface area (Å²) in [5.41, 5.74) is 0. The summed E-state index contributed by atoms with van der Waals surface area (Å²) in [5, 5.41) is 0. The fourth-order valence-electron chi connectivity index (χ4n) is 0.737. The number of aromatic nitrogens is 2. The Hall–Kier alpha value is -0.432. The molecule has 2 nitrogen and oxygen atoms in total. The van der Waals surface area contributed by atoms with E-state index in [1.54, 1.807) is 40.8 Å². The maximum atomic E-state index is 3.78. The van der Waals surface area contributed by atoms with E-state index in [4.69, 9.17) is 0 Å². The van der Waals surface area contributed by atoms with E-state index in [2.05, 4.69) is 9.97 Å². The maximum absolute atomic E-state index is 3.78. The van der Waals surface area contributed by atoms with Crippen molar-refractivity contribution in [3.63, 3.8) is 0 Å². The molecule has 18 heavy (non-hydrogen) atoms. The molecule has 2 aromatic heterocycles. The van der Waals surface area contributed by atoms with Gasteiger partial charge in [-0.2, -0.15) is 0 Å². The molecule has 1 aliphatic rings. The van der Waals surface area contributed by atoms with Crippen molar-refractivity contribution in [3.05, 3.63) is 61.2 Å². The molecule has 0 amide bonds. The standard InChI is InChI=1S/2C5H5N.C3H6.2ClH.Pt/c2*1-2-4-6-5-3-1;1-3-2;;;/h2*1-5H;1-3H2;2*1H;/q;;;;;+2/p-2. The van der Waals surface area contributed by atoms with Crippen LogP contribution in [0.2, 0.25) is 9.62 Å². The quantitative estimate of drug-likeness (QED) is 0.429. The van der Waals surface area contributed by atoms with Crippen LogP contribution in [-0.2, 0) is 18.6 Å². The van der Waals surface area contributed by atoms with Gasteiger partial charge in [-0.1, -0.05) is 12.1 Å². The maximum Gasteiger partial charge on any atom is 0.0267 e. The van der Waals surface area contributed by atoms with Gasteiger partial charge in [-0.25, -0.2) is 0 Å². The zero-order chi connectivity index (χ0) is 11.3. The molecule has 2 aromatic rings. The predicted octanol–water partition coefficient (Wildman–Crippen LogP) is -2.52. The van der Waals surface area contributed by atoms with Crippen LogP contribution in [0.5, 0.6) is 0 Å². The molecule has 0 aliphatic carbocycles. The van der Waals surface area contributed by atoms with E-state index >= 15 is 0 Å². The summed E-state index contributed by atoms with van der Waals surface area (Å²) in [6, 6.07) is 11.4. The molecule has 0 unspecified atom stereocenters. The smallest absolute Gasteiger partial charge is 0.0267 e. The molecule has 1 fully saturated rings. The molecule has 0 saturated carbocycles. The van der Waals surface area contributed by atoms with Gasteiger partial charge in [0.05, 0.1) is 0 Å². The average molecular weight is 466 g/mol. The molecule has 0 atom stereocenters. The van der Waals surface area contributed by atoms with Crippen LogP contribution in [-0.4, -0.2) is 9.97 Å². The van der Waals surface area contributed by atoms with E-state index in [9.17, 15) is 0 Å². The first kappa shape index (κ1) is 19.9. The number of halogens is 2. The normalized spacial score (nSPS) is 11.1. The second-order valence-corrected chi connectivity index (χ2v) is 6.29. The molecule has 3 heterocycles. The SMILES string of the molecule is C1[CH2][Pt+2][CH2]1.[Cl-].[Cl-].c1ccncc1.c1ccncc1. The Kier molecular flexibility index (Phi) is 18.3. The minimum Gasteiger partial charge on any atom is -1.00 e. The van der Waals surface area contributed by atoms with E-state index in [0.717, 1.165) is 18.6 Å². The summed E-state index contributed by atoms with van der Waals surface area (Å²) in [6.07, 6.45) is 8.55.